The summed E-state index contributed by atoms with van der Waals surface area (Å²) >= 11 is 0. The largest absolute Gasteiger partial charge is 0.339 e. The second-order valence-corrected chi connectivity index (χ2v) is 4.68. The van der Waals surface area contributed by atoms with E-state index in [2.05, 4.69) is 25.3 Å². The Bertz CT molecular complexity index is 493. The summed E-state index contributed by atoms with van der Waals surface area (Å²) in [7, 11) is 0. The highest BCUT2D eigenvalue weighted by Gasteiger charge is 2.30. The smallest absolute Gasteiger partial charge is 0.239 e. The van der Waals surface area contributed by atoms with Crippen LogP contribution in [0.4, 0.5) is 0 Å². The molecule has 0 radical (unpaired) electrons. The van der Waals surface area contributed by atoms with Crippen molar-refractivity contribution in [3.8, 4) is 11.6 Å². The molecule has 0 amide bonds. The van der Waals surface area contributed by atoms with Crippen molar-refractivity contribution in [3.63, 3.8) is 0 Å². The fourth-order valence-electron chi connectivity index (χ4n) is 2.61. The molecule has 2 unspecified atom stereocenters. The molecular formula is C11H16N6O. The summed E-state index contributed by atoms with van der Waals surface area (Å²) in [6, 6.07) is 0. The monoisotopic (exact) mass is 248 g/mol. The zero-order valence-corrected chi connectivity index (χ0v) is 10.0. The fraction of sp³-hybridized carbons (Fsp3) is 0.636. The van der Waals surface area contributed by atoms with Crippen LogP contribution in [0.3, 0.4) is 0 Å². The number of aromatic nitrogens is 5. The van der Waals surface area contributed by atoms with Gasteiger partial charge in [-0.1, -0.05) is 18.0 Å². The summed E-state index contributed by atoms with van der Waals surface area (Å²) in [5, 5.41) is 10.4. The number of aromatic amines is 1. The molecule has 2 aromatic rings. The first-order valence-electron chi connectivity index (χ1n) is 6.28. The van der Waals surface area contributed by atoms with Crippen LogP contribution in [0.25, 0.3) is 11.6 Å². The van der Waals surface area contributed by atoms with E-state index in [1.807, 2.05) is 0 Å². The predicted octanol–water partition coefficient (Wildman–Crippen LogP) is 1.09. The minimum absolute atomic E-state index is 0.285. The molecule has 96 valence electrons. The molecule has 0 saturated heterocycles. The summed E-state index contributed by atoms with van der Waals surface area (Å²) in [5.74, 6) is 2.40. The summed E-state index contributed by atoms with van der Waals surface area (Å²) in [6.07, 6.45) is 6.07. The third kappa shape index (κ3) is 2.01. The first-order valence-corrected chi connectivity index (χ1v) is 6.28. The molecule has 7 heteroatoms. The lowest BCUT2D eigenvalue weighted by atomic mass is 9.79. The Morgan fingerprint density at radius 2 is 2.28 bits per heavy atom. The Hall–Kier alpha value is -1.76. The van der Waals surface area contributed by atoms with Crippen LogP contribution >= 0.6 is 0 Å². The number of nitrogens with two attached hydrogens (primary N) is 1. The molecule has 1 aliphatic rings. The fourth-order valence-corrected chi connectivity index (χ4v) is 2.61. The van der Waals surface area contributed by atoms with Crippen LogP contribution in [0.1, 0.15) is 37.5 Å². The third-order valence-electron chi connectivity index (χ3n) is 3.60. The average molecular weight is 248 g/mol. The van der Waals surface area contributed by atoms with Gasteiger partial charge in [0.05, 0.1) is 0 Å². The van der Waals surface area contributed by atoms with E-state index in [-0.39, 0.29) is 5.92 Å². The zero-order chi connectivity index (χ0) is 12.4. The number of nitrogens with one attached hydrogen (secondary N) is 1. The second-order valence-electron chi connectivity index (χ2n) is 4.68. The summed E-state index contributed by atoms with van der Waals surface area (Å²) in [4.78, 5) is 8.42. The molecule has 2 atom stereocenters. The van der Waals surface area contributed by atoms with Gasteiger partial charge in [-0.15, -0.1) is 0 Å². The number of nitrogens with zero attached hydrogens (tertiary/aromatic N) is 4. The normalized spacial score (nSPS) is 24.3. The molecular weight excluding hydrogens is 232 g/mol. The van der Waals surface area contributed by atoms with Gasteiger partial charge in [0, 0.05) is 5.92 Å². The molecule has 1 aliphatic carbocycles. The highest BCUT2D eigenvalue weighted by atomic mass is 16.5. The van der Waals surface area contributed by atoms with Gasteiger partial charge in [0.25, 0.3) is 0 Å². The standard InChI is InChI=1S/C11H16N6O/c12-5-7-3-1-2-4-8(7)11-15-10(17-18-11)9-13-6-14-16-9/h6-8H,1-5,12H2,(H,13,14,16). The molecule has 1 saturated carbocycles. The van der Waals surface area contributed by atoms with Crippen molar-refractivity contribution < 1.29 is 4.52 Å². The van der Waals surface area contributed by atoms with E-state index in [0.717, 1.165) is 12.8 Å². The molecule has 0 aromatic carbocycles. The zero-order valence-electron chi connectivity index (χ0n) is 10.0. The van der Waals surface area contributed by atoms with E-state index in [0.29, 0.717) is 30.0 Å². The SMILES string of the molecule is NCC1CCCCC1c1nc(-c2ncn[nH]2)no1. The van der Waals surface area contributed by atoms with Crippen LogP contribution in [-0.2, 0) is 0 Å². The van der Waals surface area contributed by atoms with Crippen molar-refractivity contribution >= 4 is 0 Å². The van der Waals surface area contributed by atoms with Crippen molar-refractivity contribution in [2.75, 3.05) is 6.54 Å². The van der Waals surface area contributed by atoms with Gasteiger partial charge in [-0.25, -0.2) is 4.98 Å². The molecule has 2 aromatic heterocycles. The van der Waals surface area contributed by atoms with Crippen molar-refractivity contribution in [2.24, 2.45) is 11.7 Å². The molecule has 0 spiro atoms. The van der Waals surface area contributed by atoms with Gasteiger partial charge in [-0.05, 0) is 25.3 Å². The van der Waals surface area contributed by atoms with Gasteiger partial charge in [-0.3, -0.25) is 5.10 Å². The Balaban J connectivity index is 1.84. The van der Waals surface area contributed by atoms with Crippen LogP contribution in [0.2, 0.25) is 0 Å². The van der Waals surface area contributed by atoms with Crippen molar-refractivity contribution in [1.29, 1.82) is 0 Å². The Morgan fingerprint density at radius 1 is 1.39 bits per heavy atom. The quantitative estimate of drug-likeness (QED) is 0.842. The minimum Gasteiger partial charge on any atom is -0.339 e. The highest BCUT2D eigenvalue weighted by molar-refractivity contribution is 5.39. The molecule has 1 fully saturated rings. The van der Waals surface area contributed by atoms with Gasteiger partial charge in [0.15, 0.2) is 5.82 Å². The Morgan fingerprint density at radius 3 is 3.06 bits per heavy atom. The van der Waals surface area contributed by atoms with Crippen LogP contribution in [0.15, 0.2) is 10.9 Å². The van der Waals surface area contributed by atoms with Gasteiger partial charge in [-0.2, -0.15) is 10.1 Å². The number of H-pyrrole nitrogens is 1. The van der Waals surface area contributed by atoms with Crippen LogP contribution in [0.5, 0.6) is 0 Å². The summed E-state index contributed by atoms with van der Waals surface area (Å²) in [5.41, 5.74) is 5.81. The molecule has 3 N–H and O–H groups in total. The van der Waals surface area contributed by atoms with Gasteiger partial charge in [0.2, 0.25) is 11.7 Å². The van der Waals surface area contributed by atoms with Crippen molar-refractivity contribution in [2.45, 2.75) is 31.6 Å². The highest BCUT2D eigenvalue weighted by Crippen LogP contribution is 2.36. The molecule has 0 bridgehead atoms. The summed E-state index contributed by atoms with van der Waals surface area (Å²) < 4.78 is 5.36. The maximum atomic E-state index is 5.81. The molecule has 2 heterocycles. The summed E-state index contributed by atoms with van der Waals surface area (Å²) in [6.45, 7) is 0.671. The van der Waals surface area contributed by atoms with E-state index >= 15 is 0 Å². The Kier molecular flexibility index (Phi) is 3.06. The lowest BCUT2D eigenvalue weighted by molar-refractivity contribution is 0.249. The number of hydrogen-bond donors (Lipinski definition) is 2. The average Bonchev–Trinajstić information content (AvgIpc) is 3.09. The van der Waals surface area contributed by atoms with E-state index in [1.54, 1.807) is 0 Å². The topological polar surface area (TPSA) is 107 Å². The number of rotatable bonds is 3. The molecule has 0 aliphatic heterocycles. The first kappa shape index (κ1) is 11.3. The van der Waals surface area contributed by atoms with Gasteiger partial charge >= 0.3 is 0 Å². The van der Waals surface area contributed by atoms with Crippen LogP contribution < -0.4 is 5.73 Å². The molecule has 18 heavy (non-hydrogen) atoms. The third-order valence-corrected chi connectivity index (χ3v) is 3.60. The predicted molar refractivity (Wildman–Crippen MR) is 63.4 cm³/mol. The van der Waals surface area contributed by atoms with Gasteiger partial charge < -0.3 is 10.3 Å². The second kappa shape index (κ2) is 4.85. The van der Waals surface area contributed by atoms with E-state index < -0.39 is 0 Å². The lowest BCUT2D eigenvalue weighted by Crippen LogP contribution is -2.25. The molecule has 7 nitrogen and oxygen atoms in total. The van der Waals surface area contributed by atoms with Crippen molar-refractivity contribution in [3.05, 3.63) is 12.2 Å². The van der Waals surface area contributed by atoms with E-state index in [9.17, 15) is 0 Å². The maximum absolute atomic E-state index is 5.81. The number of hydrogen-bond acceptors (Lipinski definition) is 6. The Labute approximate surface area is 104 Å². The minimum atomic E-state index is 0.285. The first-order chi connectivity index (χ1) is 8.88. The molecule has 3 rings (SSSR count). The lowest BCUT2D eigenvalue weighted by Gasteiger charge is -2.27. The van der Waals surface area contributed by atoms with E-state index in [4.69, 9.17) is 10.3 Å². The van der Waals surface area contributed by atoms with Crippen molar-refractivity contribution in [1.82, 2.24) is 25.3 Å². The van der Waals surface area contributed by atoms with Crippen LogP contribution in [0, 0.1) is 5.92 Å². The van der Waals surface area contributed by atoms with Crippen LogP contribution in [-0.4, -0.2) is 31.9 Å². The van der Waals surface area contributed by atoms with Gasteiger partial charge in [0.1, 0.15) is 6.33 Å². The van der Waals surface area contributed by atoms with E-state index in [1.165, 1.54) is 19.2 Å². The maximum Gasteiger partial charge on any atom is 0.239 e.